The number of hydrogen-bond acceptors (Lipinski definition) is 3. The zero-order valence-electron chi connectivity index (χ0n) is 16.2. The topological polar surface area (TPSA) is 47.6 Å². The summed E-state index contributed by atoms with van der Waals surface area (Å²) in [6.45, 7) is 4.70. The number of amides is 1. The number of carbonyl (C=O) groups excluding carboxylic acids is 1. The zero-order chi connectivity index (χ0) is 20.8. The van der Waals surface area contributed by atoms with Crippen molar-refractivity contribution in [2.75, 3.05) is 11.9 Å². The van der Waals surface area contributed by atoms with Gasteiger partial charge in [-0.25, -0.2) is 0 Å². The van der Waals surface area contributed by atoms with Gasteiger partial charge in [0.15, 0.2) is 0 Å². The van der Waals surface area contributed by atoms with Gasteiger partial charge in [-0.15, -0.1) is 0 Å². The number of halogens is 2. The molecule has 0 saturated carbocycles. The Hall–Kier alpha value is -2.69. The quantitative estimate of drug-likeness (QED) is 0.464. The van der Waals surface area contributed by atoms with E-state index in [4.69, 9.17) is 32.7 Å². The fraction of sp³-hybridized carbons (Fsp3) is 0.174. The average Bonchev–Trinajstić information content (AvgIpc) is 2.71. The lowest BCUT2D eigenvalue weighted by molar-refractivity contribution is 0.102. The van der Waals surface area contributed by atoms with Crippen LogP contribution in [0.15, 0.2) is 60.7 Å². The highest BCUT2D eigenvalue weighted by molar-refractivity contribution is 6.44. The van der Waals surface area contributed by atoms with Crippen LogP contribution in [0, 0.1) is 6.92 Å². The zero-order valence-corrected chi connectivity index (χ0v) is 17.7. The Kier molecular flexibility index (Phi) is 7.02. The largest absolute Gasteiger partial charge is 0.493 e. The molecular formula is C23H21Cl2NO3. The standard InChI is InChI=1S/C23H21Cl2NO3/c1-3-28-21-11-10-16(23(27)26-20-9-5-8-19(24)22(20)25)13-17(21)14-29-18-7-4-6-15(2)12-18/h4-13H,3,14H2,1-2H3,(H,26,27). The van der Waals surface area contributed by atoms with Crippen LogP contribution in [-0.2, 0) is 6.61 Å². The molecule has 0 spiro atoms. The first-order valence-electron chi connectivity index (χ1n) is 9.18. The van der Waals surface area contributed by atoms with Crippen LogP contribution in [0.25, 0.3) is 0 Å². The van der Waals surface area contributed by atoms with Gasteiger partial charge in [0.05, 0.1) is 22.3 Å². The Labute approximate surface area is 180 Å². The van der Waals surface area contributed by atoms with E-state index in [1.807, 2.05) is 38.1 Å². The van der Waals surface area contributed by atoms with E-state index in [1.54, 1.807) is 36.4 Å². The van der Waals surface area contributed by atoms with Gasteiger partial charge in [-0.1, -0.05) is 41.4 Å². The third-order valence-electron chi connectivity index (χ3n) is 4.21. The van der Waals surface area contributed by atoms with Crippen molar-refractivity contribution in [3.63, 3.8) is 0 Å². The Balaban J connectivity index is 1.81. The molecule has 0 unspecified atom stereocenters. The van der Waals surface area contributed by atoms with Gasteiger partial charge in [0.1, 0.15) is 18.1 Å². The molecule has 3 aromatic carbocycles. The van der Waals surface area contributed by atoms with Crippen LogP contribution < -0.4 is 14.8 Å². The van der Waals surface area contributed by atoms with Crippen LogP contribution >= 0.6 is 23.2 Å². The minimum Gasteiger partial charge on any atom is -0.493 e. The Morgan fingerprint density at radius 2 is 1.79 bits per heavy atom. The molecule has 0 atom stereocenters. The SMILES string of the molecule is CCOc1ccc(C(=O)Nc2cccc(Cl)c2Cl)cc1COc1cccc(C)c1. The van der Waals surface area contributed by atoms with Crippen LogP contribution in [0.2, 0.25) is 10.0 Å². The van der Waals surface area contributed by atoms with Crippen LogP contribution in [0.5, 0.6) is 11.5 Å². The summed E-state index contributed by atoms with van der Waals surface area (Å²) in [6, 6.07) is 18.1. The maximum atomic E-state index is 12.7. The van der Waals surface area contributed by atoms with E-state index in [0.29, 0.717) is 33.7 Å². The molecule has 0 bridgehead atoms. The van der Waals surface area contributed by atoms with Crippen molar-refractivity contribution in [2.45, 2.75) is 20.5 Å². The summed E-state index contributed by atoms with van der Waals surface area (Å²) in [4.78, 5) is 12.7. The number of carbonyl (C=O) groups is 1. The number of nitrogens with one attached hydrogen (secondary N) is 1. The number of anilines is 1. The van der Waals surface area contributed by atoms with E-state index >= 15 is 0 Å². The third kappa shape index (κ3) is 5.43. The number of aryl methyl sites for hydroxylation is 1. The summed E-state index contributed by atoms with van der Waals surface area (Å²) in [5.74, 6) is 1.14. The Bertz CT molecular complexity index is 1020. The molecule has 0 saturated heterocycles. The van der Waals surface area contributed by atoms with Crippen molar-refractivity contribution in [3.05, 3.63) is 87.4 Å². The molecular weight excluding hydrogens is 409 g/mol. The van der Waals surface area contributed by atoms with Gasteiger partial charge < -0.3 is 14.8 Å². The highest BCUT2D eigenvalue weighted by atomic mass is 35.5. The third-order valence-corrected chi connectivity index (χ3v) is 5.03. The molecule has 0 heterocycles. The molecule has 1 amide bonds. The predicted molar refractivity (Wildman–Crippen MR) is 118 cm³/mol. The summed E-state index contributed by atoms with van der Waals surface area (Å²) in [5, 5.41) is 3.47. The monoisotopic (exact) mass is 429 g/mol. The second-order valence-electron chi connectivity index (χ2n) is 6.42. The molecule has 1 N–H and O–H groups in total. The highest BCUT2D eigenvalue weighted by Crippen LogP contribution is 2.30. The minimum absolute atomic E-state index is 0.276. The Morgan fingerprint density at radius 1 is 1.00 bits per heavy atom. The van der Waals surface area contributed by atoms with Gasteiger partial charge in [0.25, 0.3) is 5.91 Å². The number of ether oxygens (including phenoxy) is 2. The van der Waals surface area contributed by atoms with Crippen molar-refractivity contribution in [2.24, 2.45) is 0 Å². The predicted octanol–water partition coefficient (Wildman–Crippen LogP) is 6.53. The van der Waals surface area contributed by atoms with Gasteiger partial charge in [-0.2, -0.15) is 0 Å². The maximum Gasteiger partial charge on any atom is 0.255 e. The summed E-state index contributed by atoms with van der Waals surface area (Å²) in [7, 11) is 0. The molecule has 3 aromatic rings. The minimum atomic E-state index is -0.297. The van der Waals surface area contributed by atoms with Crippen molar-refractivity contribution in [1.82, 2.24) is 0 Å². The van der Waals surface area contributed by atoms with E-state index in [-0.39, 0.29) is 12.5 Å². The van der Waals surface area contributed by atoms with E-state index in [1.165, 1.54) is 0 Å². The fourth-order valence-electron chi connectivity index (χ4n) is 2.79. The first kappa shape index (κ1) is 21.0. The molecule has 29 heavy (non-hydrogen) atoms. The maximum absolute atomic E-state index is 12.7. The van der Waals surface area contributed by atoms with Crippen molar-refractivity contribution >= 4 is 34.8 Å². The normalized spacial score (nSPS) is 10.5. The van der Waals surface area contributed by atoms with Crippen molar-refractivity contribution < 1.29 is 14.3 Å². The van der Waals surface area contributed by atoms with Gasteiger partial charge in [0.2, 0.25) is 0 Å². The highest BCUT2D eigenvalue weighted by Gasteiger charge is 2.14. The van der Waals surface area contributed by atoms with Crippen LogP contribution in [0.1, 0.15) is 28.4 Å². The van der Waals surface area contributed by atoms with E-state index < -0.39 is 0 Å². The molecule has 150 valence electrons. The molecule has 0 fully saturated rings. The Morgan fingerprint density at radius 3 is 2.55 bits per heavy atom. The van der Waals surface area contributed by atoms with Crippen molar-refractivity contribution in [1.29, 1.82) is 0 Å². The molecule has 3 rings (SSSR count). The number of hydrogen-bond donors (Lipinski definition) is 1. The van der Waals surface area contributed by atoms with E-state index in [9.17, 15) is 4.79 Å². The number of benzene rings is 3. The first-order valence-corrected chi connectivity index (χ1v) is 9.94. The molecule has 6 heteroatoms. The molecule has 4 nitrogen and oxygen atoms in total. The lowest BCUT2D eigenvalue weighted by Crippen LogP contribution is -2.13. The van der Waals surface area contributed by atoms with Crippen LogP contribution in [0.3, 0.4) is 0 Å². The lowest BCUT2D eigenvalue weighted by Gasteiger charge is -2.14. The molecule has 0 aliphatic heterocycles. The van der Waals surface area contributed by atoms with Gasteiger partial charge >= 0.3 is 0 Å². The summed E-state index contributed by atoms with van der Waals surface area (Å²) in [6.07, 6.45) is 0. The van der Waals surface area contributed by atoms with E-state index in [2.05, 4.69) is 5.32 Å². The molecule has 0 aliphatic carbocycles. The molecule has 0 radical (unpaired) electrons. The van der Waals surface area contributed by atoms with Crippen molar-refractivity contribution in [3.8, 4) is 11.5 Å². The average molecular weight is 430 g/mol. The van der Waals surface area contributed by atoms with Gasteiger partial charge in [-0.05, 0) is 61.9 Å². The summed E-state index contributed by atoms with van der Waals surface area (Å²) < 4.78 is 11.6. The summed E-state index contributed by atoms with van der Waals surface area (Å²) in [5.41, 5.74) is 2.81. The van der Waals surface area contributed by atoms with E-state index in [0.717, 1.165) is 16.9 Å². The second kappa shape index (κ2) is 9.68. The summed E-state index contributed by atoms with van der Waals surface area (Å²) >= 11 is 12.2. The lowest BCUT2D eigenvalue weighted by atomic mass is 10.1. The number of rotatable bonds is 7. The van der Waals surface area contributed by atoms with Crippen LogP contribution in [-0.4, -0.2) is 12.5 Å². The smallest absolute Gasteiger partial charge is 0.255 e. The van der Waals surface area contributed by atoms with Crippen LogP contribution in [0.4, 0.5) is 5.69 Å². The fourth-order valence-corrected chi connectivity index (χ4v) is 3.14. The first-order chi connectivity index (χ1) is 14.0. The second-order valence-corrected chi connectivity index (χ2v) is 7.20. The van der Waals surface area contributed by atoms with Gasteiger partial charge in [0, 0.05) is 11.1 Å². The molecule has 0 aliphatic rings. The molecule has 0 aromatic heterocycles. The van der Waals surface area contributed by atoms with Gasteiger partial charge in [-0.3, -0.25) is 4.79 Å².